The first-order valence-corrected chi connectivity index (χ1v) is 9.42. The fourth-order valence-electron chi connectivity index (χ4n) is 3.19. The van der Waals surface area contributed by atoms with Gasteiger partial charge in [0.2, 0.25) is 5.91 Å². The predicted octanol–water partition coefficient (Wildman–Crippen LogP) is 4.16. The maximum absolute atomic E-state index is 12.4. The number of imide groups is 1. The molecule has 0 aliphatic carbocycles. The Kier molecular flexibility index (Phi) is 5.91. The van der Waals surface area contributed by atoms with Crippen molar-refractivity contribution in [3.8, 4) is 0 Å². The lowest BCUT2D eigenvalue weighted by molar-refractivity contribution is -0.118. The van der Waals surface area contributed by atoms with Gasteiger partial charge in [-0.2, -0.15) is 0 Å². The largest absolute Gasteiger partial charge is 0.312 e. The number of benzene rings is 2. The molecule has 0 saturated carbocycles. The number of hydrogen-bond donors (Lipinski definition) is 0. The van der Waals surface area contributed by atoms with Crippen LogP contribution in [0.4, 0.5) is 5.69 Å². The molecule has 140 valence electrons. The molecule has 3 rings (SSSR count). The molecular weight excluding hydrogens is 364 g/mol. The van der Waals surface area contributed by atoms with Crippen molar-refractivity contribution in [2.45, 2.75) is 26.2 Å². The van der Waals surface area contributed by atoms with E-state index in [0.717, 1.165) is 5.69 Å². The number of rotatable bonds is 7. The number of carbonyl (C=O) groups is 3. The lowest BCUT2D eigenvalue weighted by atomic mass is 10.1. The summed E-state index contributed by atoms with van der Waals surface area (Å²) in [6.45, 7) is 2.70. The summed E-state index contributed by atoms with van der Waals surface area (Å²) in [6.07, 6.45) is 1.72. The molecule has 0 saturated heterocycles. The van der Waals surface area contributed by atoms with E-state index in [4.69, 9.17) is 11.6 Å². The highest BCUT2D eigenvalue weighted by molar-refractivity contribution is 6.30. The monoisotopic (exact) mass is 384 g/mol. The van der Waals surface area contributed by atoms with Gasteiger partial charge in [0.05, 0.1) is 11.1 Å². The van der Waals surface area contributed by atoms with Gasteiger partial charge in [-0.1, -0.05) is 30.7 Å². The first-order chi connectivity index (χ1) is 13.0. The minimum absolute atomic E-state index is 0.0260. The molecule has 0 spiro atoms. The molecule has 0 aromatic heterocycles. The van der Waals surface area contributed by atoms with Gasteiger partial charge in [-0.3, -0.25) is 19.3 Å². The first-order valence-electron chi connectivity index (χ1n) is 9.04. The van der Waals surface area contributed by atoms with Crippen molar-refractivity contribution in [1.82, 2.24) is 4.90 Å². The van der Waals surface area contributed by atoms with Crippen LogP contribution >= 0.6 is 11.6 Å². The van der Waals surface area contributed by atoms with Crippen molar-refractivity contribution in [1.29, 1.82) is 0 Å². The number of hydrogen-bond acceptors (Lipinski definition) is 3. The lowest BCUT2D eigenvalue weighted by Crippen LogP contribution is -2.33. The maximum Gasteiger partial charge on any atom is 0.261 e. The third-order valence-electron chi connectivity index (χ3n) is 4.63. The second-order valence-electron chi connectivity index (χ2n) is 6.39. The van der Waals surface area contributed by atoms with Crippen LogP contribution in [0.5, 0.6) is 0 Å². The van der Waals surface area contributed by atoms with Gasteiger partial charge >= 0.3 is 0 Å². The van der Waals surface area contributed by atoms with Gasteiger partial charge in [-0.05, 0) is 49.2 Å². The van der Waals surface area contributed by atoms with Gasteiger partial charge in [-0.25, -0.2) is 0 Å². The Balaban J connectivity index is 1.58. The van der Waals surface area contributed by atoms with E-state index in [1.165, 1.54) is 4.90 Å². The molecule has 1 aliphatic rings. The van der Waals surface area contributed by atoms with Crippen LogP contribution in [0.25, 0.3) is 0 Å². The summed E-state index contributed by atoms with van der Waals surface area (Å²) in [4.78, 5) is 40.0. The van der Waals surface area contributed by atoms with E-state index in [1.54, 1.807) is 41.3 Å². The third-order valence-corrected chi connectivity index (χ3v) is 4.89. The SMILES string of the molecule is CCC(=O)N(CCCCN1C(=O)c2ccccc2C1=O)c1ccc(Cl)cc1. The number of anilines is 1. The highest BCUT2D eigenvalue weighted by Gasteiger charge is 2.34. The maximum atomic E-state index is 12.4. The summed E-state index contributed by atoms with van der Waals surface area (Å²) in [6, 6.07) is 14.0. The summed E-state index contributed by atoms with van der Waals surface area (Å²) in [7, 11) is 0. The van der Waals surface area contributed by atoms with Crippen LogP contribution in [0.1, 0.15) is 46.9 Å². The van der Waals surface area contributed by atoms with Gasteiger partial charge in [0.1, 0.15) is 0 Å². The second kappa shape index (κ2) is 8.35. The van der Waals surface area contributed by atoms with E-state index in [9.17, 15) is 14.4 Å². The molecule has 0 fully saturated rings. The second-order valence-corrected chi connectivity index (χ2v) is 6.83. The van der Waals surface area contributed by atoms with Crippen LogP contribution in [-0.2, 0) is 4.79 Å². The molecule has 1 heterocycles. The Morgan fingerprint density at radius 1 is 0.963 bits per heavy atom. The molecule has 1 aliphatic heterocycles. The lowest BCUT2D eigenvalue weighted by Gasteiger charge is -2.23. The van der Waals surface area contributed by atoms with Crippen molar-refractivity contribution < 1.29 is 14.4 Å². The van der Waals surface area contributed by atoms with E-state index >= 15 is 0 Å². The Morgan fingerprint density at radius 2 is 1.56 bits per heavy atom. The Bertz CT molecular complexity index is 829. The van der Waals surface area contributed by atoms with Gasteiger partial charge in [-0.15, -0.1) is 0 Å². The van der Waals surface area contributed by atoms with E-state index in [2.05, 4.69) is 0 Å². The number of nitrogens with zero attached hydrogens (tertiary/aromatic N) is 2. The average Bonchev–Trinajstić information content (AvgIpc) is 2.93. The highest BCUT2D eigenvalue weighted by atomic mass is 35.5. The van der Waals surface area contributed by atoms with Gasteiger partial charge in [0.25, 0.3) is 11.8 Å². The molecule has 0 atom stereocenters. The molecule has 0 unspecified atom stereocenters. The van der Waals surface area contributed by atoms with Crippen LogP contribution in [0.3, 0.4) is 0 Å². The molecule has 5 nitrogen and oxygen atoms in total. The zero-order valence-electron chi connectivity index (χ0n) is 15.2. The van der Waals surface area contributed by atoms with E-state index in [0.29, 0.717) is 48.5 Å². The van der Waals surface area contributed by atoms with Crippen LogP contribution in [-0.4, -0.2) is 35.7 Å². The molecule has 0 N–H and O–H groups in total. The van der Waals surface area contributed by atoms with Crippen LogP contribution < -0.4 is 4.90 Å². The Labute approximate surface area is 163 Å². The Morgan fingerprint density at radius 3 is 2.11 bits per heavy atom. The minimum atomic E-state index is -0.241. The van der Waals surface area contributed by atoms with Crippen LogP contribution in [0.2, 0.25) is 5.02 Å². The summed E-state index contributed by atoms with van der Waals surface area (Å²) >= 11 is 5.92. The van der Waals surface area contributed by atoms with Crippen LogP contribution in [0.15, 0.2) is 48.5 Å². The topological polar surface area (TPSA) is 57.7 Å². The summed E-state index contributed by atoms with van der Waals surface area (Å²) in [5.41, 5.74) is 1.73. The zero-order valence-corrected chi connectivity index (χ0v) is 15.9. The van der Waals surface area contributed by atoms with Gasteiger partial charge in [0, 0.05) is 30.2 Å². The summed E-state index contributed by atoms with van der Waals surface area (Å²) in [5, 5.41) is 0.619. The number of fused-ring (bicyclic) bond motifs is 1. The summed E-state index contributed by atoms with van der Waals surface area (Å²) in [5.74, 6) is -0.456. The number of unbranched alkanes of at least 4 members (excludes halogenated alkanes) is 1. The number of carbonyl (C=O) groups excluding carboxylic acids is 3. The van der Waals surface area contributed by atoms with Crippen molar-refractivity contribution in [2.24, 2.45) is 0 Å². The van der Waals surface area contributed by atoms with Crippen molar-refractivity contribution in [3.63, 3.8) is 0 Å². The molecule has 0 bridgehead atoms. The van der Waals surface area contributed by atoms with E-state index < -0.39 is 0 Å². The molecule has 2 aromatic carbocycles. The fourth-order valence-corrected chi connectivity index (χ4v) is 3.32. The van der Waals surface area contributed by atoms with Crippen LogP contribution in [0, 0.1) is 0 Å². The van der Waals surface area contributed by atoms with Crippen molar-refractivity contribution >= 4 is 35.0 Å². The van der Waals surface area contributed by atoms with Gasteiger partial charge in [0.15, 0.2) is 0 Å². The van der Waals surface area contributed by atoms with Crippen molar-refractivity contribution in [3.05, 3.63) is 64.7 Å². The average molecular weight is 385 g/mol. The number of halogens is 1. The molecule has 27 heavy (non-hydrogen) atoms. The minimum Gasteiger partial charge on any atom is -0.312 e. The molecule has 2 aromatic rings. The predicted molar refractivity (Wildman–Crippen MR) is 105 cm³/mol. The fraction of sp³-hybridized carbons (Fsp3) is 0.286. The molecule has 0 radical (unpaired) electrons. The first kappa shape index (κ1) is 19.1. The molecule has 3 amide bonds. The highest BCUT2D eigenvalue weighted by Crippen LogP contribution is 2.23. The normalized spacial score (nSPS) is 13.0. The number of amides is 3. The van der Waals surface area contributed by atoms with Gasteiger partial charge < -0.3 is 4.90 Å². The van der Waals surface area contributed by atoms with Crippen molar-refractivity contribution in [2.75, 3.05) is 18.0 Å². The molecule has 6 heteroatoms. The third kappa shape index (κ3) is 4.03. The zero-order chi connectivity index (χ0) is 19.4. The quantitative estimate of drug-likeness (QED) is 0.532. The summed E-state index contributed by atoms with van der Waals surface area (Å²) < 4.78 is 0. The standard InChI is InChI=1S/C21H21ClN2O3/c1-2-19(25)23(16-11-9-15(22)10-12-16)13-5-6-14-24-20(26)17-7-3-4-8-18(17)21(24)27/h3-4,7-12H,2,5-6,13-14H2,1H3. The van der Waals surface area contributed by atoms with E-state index in [1.807, 2.05) is 19.1 Å². The smallest absolute Gasteiger partial charge is 0.261 e. The van der Waals surface area contributed by atoms with E-state index in [-0.39, 0.29) is 17.7 Å². The molecular formula is C21H21ClN2O3. The Hall–Kier alpha value is -2.66.